The van der Waals surface area contributed by atoms with Crippen LogP contribution in [0.4, 0.5) is 0 Å². The van der Waals surface area contributed by atoms with Crippen molar-refractivity contribution >= 4 is 17.6 Å². The van der Waals surface area contributed by atoms with Crippen LogP contribution in [0.15, 0.2) is 60.8 Å². The van der Waals surface area contributed by atoms with Crippen molar-refractivity contribution in [2.24, 2.45) is 17.3 Å². The van der Waals surface area contributed by atoms with Gasteiger partial charge in [-0.25, -0.2) is 0 Å². The van der Waals surface area contributed by atoms with Crippen LogP contribution in [0.5, 0.6) is 5.75 Å². The van der Waals surface area contributed by atoms with Crippen LogP contribution < -0.4 is 4.74 Å². The van der Waals surface area contributed by atoms with Gasteiger partial charge in [0.25, 0.3) is 0 Å². The minimum Gasteiger partial charge on any atom is -0.493 e. The topological polar surface area (TPSA) is 59.4 Å². The Morgan fingerprint density at radius 1 is 1.12 bits per heavy atom. The van der Waals surface area contributed by atoms with Gasteiger partial charge in [0.05, 0.1) is 12.0 Å². The third-order valence-corrected chi connectivity index (χ3v) is 10.8. The Morgan fingerprint density at radius 3 is 2.71 bits per heavy atom. The van der Waals surface area contributed by atoms with Crippen molar-refractivity contribution in [1.29, 1.82) is 0 Å². The summed E-state index contributed by atoms with van der Waals surface area (Å²) in [5.41, 5.74) is 5.72. The lowest BCUT2D eigenvalue weighted by molar-refractivity contribution is -0.152. The first-order chi connectivity index (χ1) is 19.8. The fourth-order valence-electron chi connectivity index (χ4n) is 8.38. The van der Waals surface area contributed by atoms with Crippen molar-refractivity contribution in [3.63, 3.8) is 0 Å². The Bertz CT molecular complexity index is 1410. The van der Waals surface area contributed by atoms with E-state index in [2.05, 4.69) is 43.1 Å². The highest BCUT2D eigenvalue weighted by atomic mass is 35.5. The monoisotopic (exact) mass is 571 g/mol. The van der Waals surface area contributed by atoms with E-state index in [0.29, 0.717) is 48.6 Å². The number of hydrogen-bond donors (Lipinski definition) is 1. The van der Waals surface area contributed by atoms with Gasteiger partial charge in [0.15, 0.2) is 0 Å². The SMILES string of the molecule is C[C@@H](COc1ccnc2c1[C@@H](C)CCC2)C[C@H]1Cc2ccccc2C12CCC(Cc1cccc(Cl)c1)(C(=O)O)CC2. The van der Waals surface area contributed by atoms with Gasteiger partial charge in [0, 0.05) is 22.5 Å². The summed E-state index contributed by atoms with van der Waals surface area (Å²) in [6.45, 7) is 5.30. The number of nitrogens with zero attached hydrogens (tertiary/aromatic N) is 1. The standard InChI is InChI=1S/C36H42ClNO3/c1-24(23-41-32-13-18-38-31-12-5-7-25(2)33(31)32)19-28-21-27-9-3-4-11-30(27)36(28)16-14-35(15-17-36,34(39)40)22-26-8-6-10-29(37)20-26/h3-4,6,8-11,13,18,20,24-25,28H,5,7,12,14-17,19,21-23H2,1-2H3,(H,39,40)/t24-,25+,28+,35?,36?/m1/s1. The zero-order valence-electron chi connectivity index (χ0n) is 24.4. The Kier molecular flexibility index (Phi) is 7.89. The summed E-state index contributed by atoms with van der Waals surface area (Å²) >= 11 is 6.26. The highest BCUT2D eigenvalue weighted by Crippen LogP contribution is 2.58. The molecule has 0 aliphatic heterocycles. The molecule has 3 atom stereocenters. The molecular formula is C36H42ClNO3. The fraction of sp³-hybridized carbons (Fsp3) is 0.500. The molecule has 3 aromatic rings. The lowest BCUT2D eigenvalue weighted by Crippen LogP contribution is -2.45. The van der Waals surface area contributed by atoms with Crippen molar-refractivity contribution in [2.45, 2.75) is 89.4 Å². The number of aryl methyl sites for hydroxylation is 1. The lowest BCUT2D eigenvalue weighted by Gasteiger charge is -2.47. The predicted molar refractivity (Wildman–Crippen MR) is 164 cm³/mol. The molecule has 3 aliphatic carbocycles. The maximum atomic E-state index is 12.8. The van der Waals surface area contributed by atoms with E-state index in [0.717, 1.165) is 43.4 Å². The van der Waals surface area contributed by atoms with Crippen LogP contribution in [-0.4, -0.2) is 22.7 Å². The second-order valence-electron chi connectivity index (χ2n) is 13.2. The highest BCUT2D eigenvalue weighted by molar-refractivity contribution is 6.30. The number of aliphatic carboxylic acids is 1. The third-order valence-electron chi connectivity index (χ3n) is 10.6. The van der Waals surface area contributed by atoms with Crippen LogP contribution in [0.2, 0.25) is 5.02 Å². The van der Waals surface area contributed by atoms with Crippen molar-refractivity contribution < 1.29 is 14.6 Å². The number of benzene rings is 2. The minimum absolute atomic E-state index is 0.0302. The van der Waals surface area contributed by atoms with E-state index in [1.165, 1.54) is 35.2 Å². The molecule has 1 aromatic heterocycles. The molecule has 0 amide bonds. The van der Waals surface area contributed by atoms with Crippen LogP contribution in [-0.2, 0) is 29.5 Å². The molecule has 216 valence electrons. The van der Waals surface area contributed by atoms with Crippen LogP contribution in [0.25, 0.3) is 0 Å². The molecular weight excluding hydrogens is 530 g/mol. The first-order valence-electron chi connectivity index (χ1n) is 15.5. The number of carbonyl (C=O) groups is 1. The van der Waals surface area contributed by atoms with Crippen LogP contribution in [0.1, 0.15) is 92.7 Å². The second-order valence-corrected chi connectivity index (χ2v) is 13.7. The summed E-state index contributed by atoms with van der Waals surface area (Å²) in [6, 6.07) is 18.7. The van der Waals surface area contributed by atoms with Gasteiger partial charge in [-0.3, -0.25) is 9.78 Å². The molecule has 41 heavy (non-hydrogen) atoms. The van der Waals surface area contributed by atoms with E-state index in [4.69, 9.17) is 16.3 Å². The molecule has 3 aliphatic rings. The Labute approximate surface area is 249 Å². The van der Waals surface area contributed by atoms with Crippen molar-refractivity contribution in [1.82, 2.24) is 4.98 Å². The summed E-state index contributed by atoms with van der Waals surface area (Å²) in [6.07, 6.45) is 11.2. The molecule has 1 N–H and O–H groups in total. The van der Waals surface area contributed by atoms with Gasteiger partial charge in [-0.1, -0.05) is 61.8 Å². The molecule has 1 fully saturated rings. The van der Waals surface area contributed by atoms with E-state index in [-0.39, 0.29) is 5.41 Å². The molecule has 4 nitrogen and oxygen atoms in total. The van der Waals surface area contributed by atoms with Crippen molar-refractivity contribution in [2.75, 3.05) is 6.61 Å². The fourth-order valence-corrected chi connectivity index (χ4v) is 8.60. The van der Waals surface area contributed by atoms with Crippen LogP contribution in [0, 0.1) is 17.3 Å². The molecule has 0 bridgehead atoms. The number of ether oxygens (including phenoxy) is 1. The summed E-state index contributed by atoms with van der Waals surface area (Å²) in [5, 5.41) is 11.1. The molecule has 0 unspecified atom stereocenters. The zero-order chi connectivity index (χ0) is 28.6. The Hall–Kier alpha value is -2.85. The number of carboxylic acids is 1. The predicted octanol–water partition coefficient (Wildman–Crippen LogP) is 8.58. The summed E-state index contributed by atoms with van der Waals surface area (Å²) in [7, 11) is 0. The largest absolute Gasteiger partial charge is 0.493 e. The van der Waals surface area contributed by atoms with Gasteiger partial charge < -0.3 is 9.84 Å². The van der Waals surface area contributed by atoms with Gasteiger partial charge in [-0.2, -0.15) is 0 Å². The molecule has 6 rings (SSSR count). The van der Waals surface area contributed by atoms with Gasteiger partial charge in [-0.15, -0.1) is 0 Å². The molecule has 5 heteroatoms. The van der Waals surface area contributed by atoms with Crippen LogP contribution >= 0.6 is 11.6 Å². The summed E-state index contributed by atoms with van der Waals surface area (Å²) in [4.78, 5) is 17.4. The van der Waals surface area contributed by atoms with Gasteiger partial charge >= 0.3 is 5.97 Å². The smallest absolute Gasteiger partial charge is 0.309 e. The van der Waals surface area contributed by atoms with E-state index in [9.17, 15) is 9.90 Å². The number of rotatable bonds is 8. The maximum absolute atomic E-state index is 12.8. The summed E-state index contributed by atoms with van der Waals surface area (Å²) < 4.78 is 6.51. The lowest BCUT2D eigenvalue weighted by atomic mass is 9.56. The molecule has 1 spiro atoms. The van der Waals surface area contributed by atoms with E-state index >= 15 is 0 Å². The molecule has 2 aromatic carbocycles. The number of hydrogen-bond acceptors (Lipinski definition) is 3. The second kappa shape index (κ2) is 11.4. The first kappa shape index (κ1) is 28.3. The third kappa shape index (κ3) is 5.41. The number of fused-ring (bicyclic) bond motifs is 3. The zero-order valence-corrected chi connectivity index (χ0v) is 25.1. The molecule has 0 saturated heterocycles. The van der Waals surface area contributed by atoms with E-state index in [1.807, 2.05) is 36.5 Å². The maximum Gasteiger partial charge on any atom is 0.309 e. The quantitative estimate of drug-likeness (QED) is 0.294. The average Bonchev–Trinajstić information content (AvgIpc) is 3.25. The number of halogens is 1. The molecule has 0 radical (unpaired) electrons. The van der Waals surface area contributed by atoms with Crippen LogP contribution in [0.3, 0.4) is 0 Å². The van der Waals surface area contributed by atoms with Gasteiger partial charge in [-0.05, 0) is 122 Å². The average molecular weight is 572 g/mol. The van der Waals surface area contributed by atoms with E-state index < -0.39 is 11.4 Å². The number of pyridine rings is 1. The Morgan fingerprint density at radius 2 is 1.93 bits per heavy atom. The minimum atomic E-state index is -0.746. The van der Waals surface area contributed by atoms with Gasteiger partial charge in [0.1, 0.15) is 5.75 Å². The van der Waals surface area contributed by atoms with Gasteiger partial charge in [0.2, 0.25) is 0 Å². The van der Waals surface area contributed by atoms with E-state index in [1.54, 1.807) is 0 Å². The first-order valence-corrected chi connectivity index (χ1v) is 15.8. The molecule has 1 saturated carbocycles. The number of carboxylic acid groups (broad SMARTS) is 1. The normalized spacial score (nSPS) is 27.7. The van der Waals surface area contributed by atoms with Crippen molar-refractivity contribution in [3.8, 4) is 5.75 Å². The van der Waals surface area contributed by atoms with Crippen molar-refractivity contribution in [3.05, 3.63) is 93.8 Å². The summed E-state index contributed by atoms with van der Waals surface area (Å²) in [5.74, 6) is 1.72. The molecule has 1 heterocycles. The Balaban J connectivity index is 1.19. The number of aromatic nitrogens is 1. The highest BCUT2D eigenvalue weighted by Gasteiger charge is 2.53.